The second-order valence-electron chi connectivity index (χ2n) is 5.00. The summed E-state index contributed by atoms with van der Waals surface area (Å²) in [5.41, 5.74) is 2.06. The monoisotopic (exact) mass is 343 g/mol. The summed E-state index contributed by atoms with van der Waals surface area (Å²) in [4.78, 5) is 28.3. The molecule has 0 bridgehead atoms. The van der Waals surface area contributed by atoms with Crippen molar-refractivity contribution in [3.8, 4) is 0 Å². The summed E-state index contributed by atoms with van der Waals surface area (Å²) in [7, 11) is 1.68. The standard InChI is InChI=1S/C16H17N5O2S/c1-3-23-16(22)9-8-18-14(21-13(9)17-2)12(24)15-19-10-6-4-5-7-11(10)20-15/h4-8,12,24H,3H2,1-2H3,(H,19,20)(H,17,18,21). The van der Waals surface area contributed by atoms with Gasteiger partial charge in [0.1, 0.15) is 22.5 Å². The SMILES string of the molecule is CCOC(=O)c1cnc(C(S)c2nc3ccccc3[nH]2)nc1NC. The maximum absolute atomic E-state index is 11.9. The van der Waals surface area contributed by atoms with E-state index in [2.05, 4.69) is 37.9 Å². The second-order valence-corrected chi connectivity index (χ2v) is 5.52. The van der Waals surface area contributed by atoms with Crippen LogP contribution in [-0.2, 0) is 4.74 Å². The van der Waals surface area contributed by atoms with Crippen molar-refractivity contribution in [1.82, 2.24) is 19.9 Å². The van der Waals surface area contributed by atoms with Crippen molar-refractivity contribution in [3.63, 3.8) is 0 Å². The maximum Gasteiger partial charge on any atom is 0.343 e. The van der Waals surface area contributed by atoms with Gasteiger partial charge in [-0.25, -0.2) is 19.7 Å². The molecule has 2 heterocycles. The highest BCUT2D eigenvalue weighted by Crippen LogP contribution is 2.27. The number of hydrogen-bond donors (Lipinski definition) is 3. The van der Waals surface area contributed by atoms with Crippen LogP contribution in [0.1, 0.15) is 34.2 Å². The molecular formula is C16H17N5O2S. The molecule has 0 saturated carbocycles. The summed E-state index contributed by atoms with van der Waals surface area (Å²) < 4.78 is 5.00. The van der Waals surface area contributed by atoms with E-state index >= 15 is 0 Å². The number of H-pyrrole nitrogens is 1. The first-order chi connectivity index (χ1) is 11.6. The molecule has 0 saturated heterocycles. The fourth-order valence-corrected chi connectivity index (χ4v) is 2.55. The predicted molar refractivity (Wildman–Crippen MR) is 94.5 cm³/mol. The first-order valence-corrected chi connectivity index (χ1v) is 8.00. The minimum absolute atomic E-state index is 0.285. The quantitative estimate of drug-likeness (QED) is 0.487. The Labute approximate surface area is 144 Å². The lowest BCUT2D eigenvalue weighted by Gasteiger charge is -2.11. The van der Waals surface area contributed by atoms with Crippen LogP contribution in [0.15, 0.2) is 30.5 Å². The summed E-state index contributed by atoms with van der Waals surface area (Å²) >= 11 is 4.57. The number of thiol groups is 1. The number of aromatic amines is 1. The third-order valence-corrected chi connectivity index (χ3v) is 3.93. The zero-order valence-corrected chi connectivity index (χ0v) is 14.2. The van der Waals surface area contributed by atoms with Gasteiger partial charge in [-0.1, -0.05) is 12.1 Å². The zero-order valence-electron chi connectivity index (χ0n) is 13.3. The number of para-hydroxylation sites is 2. The zero-order chi connectivity index (χ0) is 17.1. The van der Waals surface area contributed by atoms with Gasteiger partial charge in [-0.15, -0.1) is 0 Å². The lowest BCUT2D eigenvalue weighted by Crippen LogP contribution is -2.13. The average Bonchev–Trinajstić information content (AvgIpc) is 3.04. The van der Waals surface area contributed by atoms with Gasteiger partial charge in [0.25, 0.3) is 0 Å². The lowest BCUT2D eigenvalue weighted by atomic mass is 10.3. The second kappa shape index (κ2) is 6.88. The smallest absolute Gasteiger partial charge is 0.343 e. The molecule has 124 valence electrons. The van der Waals surface area contributed by atoms with Crippen molar-refractivity contribution in [2.75, 3.05) is 19.0 Å². The highest BCUT2D eigenvalue weighted by atomic mass is 32.1. The Kier molecular flexibility index (Phi) is 4.66. The van der Waals surface area contributed by atoms with E-state index in [9.17, 15) is 4.79 Å². The molecule has 0 aliphatic rings. The van der Waals surface area contributed by atoms with Gasteiger partial charge in [-0.3, -0.25) is 0 Å². The highest BCUT2D eigenvalue weighted by molar-refractivity contribution is 7.80. The number of anilines is 1. The molecule has 0 radical (unpaired) electrons. The van der Waals surface area contributed by atoms with E-state index in [1.807, 2.05) is 24.3 Å². The molecule has 1 aromatic carbocycles. The van der Waals surface area contributed by atoms with Crippen molar-refractivity contribution < 1.29 is 9.53 Å². The van der Waals surface area contributed by atoms with Crippen molar-refractivity contribution in [1.29, 1.82) is 0 Å². The Morgan fingerprint density at radius 2 is 2.17 bits per heavy atom. The number of fused-ring (bicyclic) bond motifs is 1. The summed E-state index contributed by atoms with van der Waals surface area (Å²) in [5.74, 6) is 1.02. The average molecular weight is 343 g/mol. The van der Waals surface area contributed by atoms with Crippen LogP contribution in [0.5, 0.6) is 0 Å². The van der Waals surface area contributed by atoms with E-state index in [4.69, 9.17) is 4.74 Å². The summed E-state index contributed by atoms with van der Waals surface area (Å²) in [6.45, 7) is 2.04. The van der Waals surface area contributed by atoms with Crippen LogP contribution < -0.4 is 5.32 Å². The first kappa shape index (κ1) is 16.3. The van der Waals surface area contributed by atoms with Gasteiger partial charge in [0.05, 0.1) is 17.6 Å². The summed E-state index contributed by atoms with van der Waals surface area (Å²) in [6, 6.07) is 7.71. The van der Waals surface area contributed by atoms with E-state index in [-0.39, 0.29) is 12.2 Å². The van der Waals surface area contributed by atoms with E-state index in [1.54, 1.807) is 14.0 Å². The number of aromatic nitrogens is 4. The van der Waals surface area contributed by atoms with E-state index in [1.165, 1.54) is 6.20 Å². The molecule has 0 amide bonds. The molecule has 3 aromatic rings. The van der Waals surface area contributed by atoms with Gasteiger partial charge in [-0.05, 0) is 19.1 Å². The molecule has 0 aliphatic carbocycles. The topological polar surface area (TPSA) is 92.8 Å². The first-order valence-electron chi connectivity index (χ1n) is 7.48. The largest absolute Gasteiger partial charge is 0.462 e. The summed E-state index contributed by atoms with van der Waals surface area (Å²) in [6.07, 6.45) is 1.44. The van der Waals surface area contributed by atoms with Crippen molar-refractivity contribution in [2.45, 2.75) is 12.2 Å². The number of carbonyl (C=O) groups is 1. The molecule has 7 nitrogen and oxygen atoms in total. The molecule has 1 unspecified atom stereocenters. The Balaban J connectivity index is 1.94. The number of ether oxygens (including phenoxy) is 1. The summed E-state index contributed by atoms with van der Waals surface area (Å²) in [5, 5.41) is 2.45. The normalized spacial score (nSPS) is 12.1. The molecular weight excluding hydrogens is 326 g/mol. The number of carbonyl (C=O) groups excluding carboxylic acids is 1. The number of rotatable bonds is 5. The van der Waals surface area contributed by atoms with Crippen LogP contribution in [0, 0.1) is 0 Å². The molecule has 3 rings (SSSR count). The Hall–Kier alpha value is -2.61. The Morgan fingerprint density at radius 1 is 1.38 bits per heavy atom. The third-order valence-electron chi connectivity index (χ3n) is 3.45. The van der Waals surface area contributed by atoms with Gasteiger partial charge in [0.2, 0.25) is 0 Å². The molecule has 1 atom stereocenters. The molecule has 24 heavy (non-hydrogen) atoms. The molecule has 2 aromatic heterocycles. The van der Waals surface area contributed by atoms with Gasteiger partial charge in [0.15, 0.2) is 5.82 Å². The minimum Gasteiger partial charge on any atom is -0.462 e. The van der Waals surface area contributed by atoms with Crippen LogP contribution in [-0.4, -0.2) is 39.6 Å². The van der Waals surface area contributed by atoms with Crippen LogP contribution >= 0.6 is 12.6 Å². The minimum atomic E-state index is -0.465. The van der Waals surface area contributed by atoms with Gasteiger partial charge < -0.3 is 15.0 Å². The molecule has 0 spiro atoms. The lowest BCUT2D eigenvalue weighted by molar-refractivity contribution is 0.0526. The molecule has 8 heteroatoms. The Bertz CT molecular complexity index is 847. The van der Waals surface area contributed by atoms with Crippen LogP contribution in [0.25, 0.3) is 11.0 Å². The van der Waals surface area contributed by atoms with Crippen LogP contribution in [0.2, 0.25) is 0 Å². The van der Waals surface area contributed by atoms with E-state index < -0.39 is 11.2 Å². The number of esters is 1. The number of nitrogens with one attached hydrogen (secondary N) is 2. The molecule has 0 aliphatic heterocycles. The van der Waals surface area contributed by atoms with Crippen LogP contribution in [0.3, 0.4) is 0 Å². The van der Waals surface area contributed by atoms with Gasteiger partial charge in [0, 0.05) is 13.2 Å². The fraction of sp³-hybridized carbons (Fsp3) is 0.250. The maximum atomic E-state index is 11.9. The van der Waals surface area contributed by atoms with E-state index in [0.29, 0.717) is 17.5 Å². The van der Waals surface area contributed by atoms with Crippen LogP contribution in [0.4, 0.5) is 5.82 Å². The third kappa shape index (κ3) is 3.05. The number of nitrogens with zero attached hydrogens (tertiary/aromatic N) is 3. The predicted octanol–water partition coefficient (Wildman–Crippen LogP) is 2.59. The molecule has 0 fully saturated rings. The van der Waals surface area contributed by atoms with Crippen molar-refractivity contribution in [2.24, 2.45) is 0 Å². The van der Waals surface area contributed by atoms with E-state index in [0.717, 1.165) is 11.0 Å². The molecule has 2 N–H and O–H groups in total. The number of hydrogen-bond acceptors (Lipinski definition) is 7. The number of imidazole rings is 1. The van der Waals surface area contributed by atoms with Crippen molar-refractivity contribution in [3.05, 3.63) is 47.7 Å². The highest BCUT2D eigenvalue weighted by Gasteiger charge is 2.21. The Morgan fingerprint density at radius 3 is 2.88 bits per heavy atom. The number of benzene rings is 1. The van der Waals surface area contributed by atoms with Gasteiger partial charge in [-0.2, -0.15) is 12.6 Å². The van der Waals surface area contributed by atoms with Gasteiger partial charge >= 0.3 is 5.97 Å². The fourth-order valence-electron chi connectivity index (χ4n) is 2.30. The van der Waals surface area contributed by atoms with Crippen molar-refractivity contribution >= 4 is 35.4 Å².